The highest BCUT2D eigenvalue weighted by Crippen LogP contribution is 2.42. The molecule has 1 fully saturated rings. The molecule has 3 rings (SSSR count). The summed E-state index contributed by atoms with van der Waals surface area (Å²) in [6, 6.07) is 0.575. The Labute approximate surface area is 108 Å². The Bertz CT molecular complexity index is 424. The van der Waals surface area contributed by atoms with E-state index in [2.05, 4.69) is 15.0 Å². The number of hydrogen-bond donors (Lipinski definition) is 2. The lowest BCUT2D eigenvalue weighted by Gasteiger charge is -2.19. The number of nitrogens with one attached hydrogen (secondary N) is 2. The van der Waals surface area contributed by atoms with Crippen molar-refractivity contribution in [3.8, 4) is 0 Å². The fourth-order valence-corrected chi connectivity index (χ4v) is 4.00. The summed E-state index contributed by atoms with van der Waals surface area (Å²) in [6.45, 7) is 0. The van der Waals surface area contributed by atoms with Crippen LogP contribution in [0.4, 0.5) is 5.69 Å². The van der Waals surface area contributed by atoms with Crippen molar-refractivity contribution in [2.45, 2.75) is 35.9 Å². The quantitative estimate of drug-likeness (QED) is 0.766. The molecule has 2 heterocycles. The largest absolute Gasteiger partial charge is 0.353 e. The van der Waals surface area contributed by atoms with Gasteiger partial charge in [0.15, 0.2) is 0 Å². The van der Waals surface area contributed by atoms with Gasteiger partial charge in [-0.25, -0.2) is 0 Å². The van der Waals surface area contributed by atoms with Gasteiger partial charge < -0.3 is 10.6 Å². The molecule has 0 saturated heterocycles. The van der Waals surface area contributed by atoms with Crippen LogP contribution in [0, 0.1) is 0 Å². The summed E-state index contributed by atoms with van der Waals surface area (Å²) in [7, 11) is 0. The maximum Gasteiger partial charge on any atom is 0.208 e. The highest BCUT2D eigenvalue weighted by Gasteiger charge is 2.21. The van der Waals surface area contributed by atoms with Gasteiger partial charge in [0, 0.05) is 23.4 Å². The molecule has 0 unspecified atom stereocenters. The van der Waals surface area contributed by atoms with Crippen molar-refractivity contribution in [2.75, 3.05) is 5.32 Å². The number of nitrogens with zero attached hydrogens (tertiary/aromatic N) is 1. The van der Waals surface area contributed by atoms with Gasteiger partial charge in [-0.15, -0.1) is 11.3 Å². The first-order valence-corrected chi connectivity index (χ1v) is 7.41. The minimum absolute atomic E-state index is 0.575. The van der Waals surface area contributed by atoms with Gasteiger partial charge in [0.25, 0.3) is 0 Å². The lowest BCUT2D eigenvalue weighted by atomic mass is 10.2. The van der Waals surface area contributed by atoms with Crippen LogP contribution in [0.3, 0.4) is 0 Å². The summed E-state index contributed by atoms with van der Waals surface area (Å²) in [5.41, 5.74) is 1.01. The van der Waals surface area contributed by atoms with Gasteiger partial charge in [-0.1, -0.05) is 24.4 Å². The molecule has 0 atom stereocenters. The zero-order valence-electron chi connectivity index (χ0n) is 8.62. The lowest BCUT2D eigenvalue weighted by molar-refractivity contribution is 0.630. The molecule has 0 amide bonds. The van der Waals surface area contributed by atoms with Crippen LogP contribution in [0.1, 0.15) is 25.7 Å². The van der Waals surface area contributed by atoms with E-state index in [-0.39, 0.29) is 0 Å². The van der Waals surface area contributed by atoms with E-state index in [1.54, 1.807) is 11.3 Å². The van der Waals surface area contributed by atoms with Gasteiger partial charge in [0.05, 0.1) is 10.7 Å². The molecule has 1 aliphatic carbocycles. The summed E-state index contributed by atoms with van der Waals surface area (Å²) >= 11 is 9.22. The number of guanidine groups is 1. The molecule has 1 saturated carbocycles. The molecule has 6 heteroatoms. The standard InChI is InChI=1S/C10H12ClN3S2/c11-7-5-15-9-8(7)13-10(14-16-9)12-6-3-1-2-4-6/h5-6H,1-4H2,(H2,12,13,14). The third-order valence-electron chi connectivity index (χ3n) is 2.87. The van der Waals surface area contributed by atoms with E-state index in [0.29, 0.717) is 6.04 Å². The molecule has 2 N–H and O–H groups in total. The third-order valence-corrected chi connectivity index (χ3v) is 5.23. The number of anilines is 1. The first kappa shape index (κ1) is 10.7. The zero-order chi connectivity index (χ0) is 11.0. The van der Waals surface area contributed by atoms with Crippen molar-refractivity contribution in [3.63, 3.8) is 0 Å². The van der Waals surface area contributed by atoms with E-state index in [9.17, 15) is 0 Å². The van der Waals surface area contributed by atoms with Crippen molar-refractivity contribution >= 4 is 46.5 Å². The first-order valence-electron chi connectivity index (χ1n) is 5.38. The molecule has 86 valence electrons. The van der Waals surface area contributed by atoms with Crippen molar-refractivity contribution < 1.29 is 0 Å². The summed E-state index contributed by atoms with van der Waals surface area (Å²) in [5, 5.41) is 9.44. The molecule has 3 nitrogen and oxygen atoms in total. The highest BCUT2D eigenvalue weighted by molar-refractivity contribution is 8.00. The van der Waals surface area contributed by atoms with E-state index in [1.165, 1.54) is 37.6 Å². The third kappa shape index (κ3) is 2.04. The number of hydrogen-bond acceptors (Lipinski definition) is 5. The number of rotatable bonds is 1. The molecule has 0 spiro atoms. The molecule has 16 heavy (non-hydrogen) atoms. The molecule has 1 aromatic heterocycles. The van der Waals surface area contributed by atoms with Gasteiger partial charge in [-0.05, 0) is 12.8 Å². The van der Waals surface area contributed by atoms with Gasteiger partial charge in [0.2, 0.25) is 5.96 Å². The van der Waals surface area contributed by atoms with Gasteiger partial charge in [-0.3, -0.25) is 0 Å². The molecular weight excluding hydrogens is 262 g/mol. The monoisotopic (exact) mass is 273 g/mol. The topological polar surface area (TPSA) is 36.4 Å². The van der Waals surface area contributed by atoms with Crippen molar-refractivity contribution in [1.82, 2.24) is 5.32 Å². The molecule has 1 aliphatic heterocycles. The Kier molecular flexibility index (Phi) is 3.00. The summed E-state index contributed by atoms with van der Waals surface area (Å²) in [5.74, 6) is 0.852. The van der Waals surface area contributed by atoms with Crippen LogP contribution in [0.5, 0.6) is 0 Å². The number of halogens is 1. The molecule has 0 aromatic carbocycles. The van der Waals surface area contributed by atoms with Crippen molar-refractivity contribution in [2.24, 2.45) is 4.40 Å². The van der Waals surface area contributed by atoms with E-state index < -0.39 is 0 Å². The van der Waals surface area contributed by atoms with Crippen LogP contribution in [0.2, 0.25) is 5.02 Å². The maximum atomic E-state index is 6.09. The summed E-state index contributed by atoms with van der Waals surface area (Å²) < 4.78 is 5.55. The SMILES string of the molecule is Clc1csc2c1NC(NC1CCCC1)=NS2. The van der Waals surface area contributed by atoms with Crippen LogP contribution < -0.4 is 10.6 Å². The summed E-state index contributed by atoms with van der Waals surface area (Å²) in [4.78, 5) is 0. The predicted molar refractivity (Wildman–Crippen MR) is 71.6 cm³/mol. The van der Waals surface area contributed by atoms with E-state index >= 15 is 0 Å². The Morgan fingerprint density at radius 1 is 1.44 bits per heavy atom. The molecule has 0 bridgehead atoms. The van der Waals surface area contributed by atoms with Crippen LogP contribution in [-0.4, -0.2) is 12.0 Å². The second-order valence-electron chi connectivity index (χ2n) is 4.03. The van der Waals surface area contributed by atoms with Crippen LogP contribution in [0.15, 0.2) is 14.0 Å². The minimum atomic E-state index is 0.575. The molecule has 1 aromatic rings. The van der Waals surface area contributed by atoms with Crippen LogP contribution in [0.25, 0.3) is 0 Å². The normalized spacial score (nSPS) is 20.2. The Balaban J connectivity index is 1.70. The summed E-state index contributed by atoms with van der Waals surface area (Å²) in [6.07, 6.45) is 5.14. The van der Waals surface area contributed by atoms with Crippen LogP contribution in [-0.2, 0) is 0 Å². The van der Waals surface area contributed by atoms with Crippen molar-refractivity contribution in [3.05, 3.63) is 10.4 Å². The second-order valence-corrected chi connectivity index (χ2v) is 6.35. The van der Waals surface area contributed by atoms with Gasteiger partial charge in [0.1, 0.15) is 4.21 Å². The molecule has 2 aliphatic rings. The molecule has 0 radical (unpaired) electrons. The fourth-order valence-electron chi connectivity index (χ4n) is 2.05. The zero-order valence-corrected chi connectivity index (χ0v) is 11.0. The van der Waals surface area contributed by atoms with E-state index in [0.717, 1.165) is 20.9 Å². The van der Waals surface area contributed by atoms with Gasteiger partial charge >= 0.3 is 0 Å². The van der Waals surface area contributed by atoms with E-state index in [1.807, 2.05) is 5.38 Å². The Hall–Kier alpha value is -0.390. The predicted octanol–water partition coefficient (Wildman–Crippen LogP) is 3.72. The smallest absolute Gasteiger partial charge is 0.208 e. The maximum absolute atomic E-state index is 6.09. The first-order chi connectivity index (χ1) is 7.83. The molecular formula is C10H12ClN3S2. The number of fused-ring (bicyclic) bond motifs is 1. The second kappa shape index (κ2) is 4.47. The van der Waals surface area contributed by atoms with Crippen LogP contribution >= 0.6 is 34.9 Å². The average Bonchev–Trinajstić information content (AvgIpc) is 2.90. The minimum Gasteiger partial charge on any atom is -0.353 e. The average molecular weight is 274 g/mol. The lowest BCUT2D eigenvalue weighted by Crippen LogP contribution is -2.38. The highest BCUT2D eigenvalue weighted by atomic mass is 35.5. The van der Waals surface area contributed by atoms with Crippen molar-refractivity contribution in [1.29, 1.82) is 0 Å². The number of thiophene rings is 1. The Morgan fingerprint density at radius 3 is 3.06 bits per heavy atom. The fraction of sp³-hybridized carbons (Fsp3) is 0.500. The Morgan fingerprint density at radius 2 is 2.25 bits per heavy atom. The van der Waals surface area contributed by atoms with Gasteiger partial charge in [-0.2, -0.15) is 4.40 Å². The van der Waals surface area contributed by atoms with E-state index in [4.69, 9.17) is 11.6 Å².